The number of aliphatic hydroxyl groups excluding tert-OH is 2. The van der Waals surface area contributed by atoms with Gasteiger partial charge in [0.25, 0.3) is 0 Å². The van der Waals surface area contributed by atoms with Crippen molar-refractivity contribution in [2.75, 3.05) is 13.2 Å². The zero-order valence-electron chi connectivity index (χ0n) is 45.3. The zero-order chi connectivity index (χ0) is 49.3. The van der Waals surface area contributed by atoms with Gasteiger partial charge in [-0.2, -0.15) is 0 Å². The number of esters is 1. The minimum Gasteiger partial charge on any atom is -0.466 e. The van der Waals surface area contributed by atoms with Gasteiger partial charge in [0.15, 0.2) is 0 Å². The maximum atomic E-state index is 12.5. The first-order valence-corrected chi connectivity index (χ1v) is 29.9. The molecule has 0 saturated heterocycles. The monoisotopic (exact) mass is 954 g/mol. The molecule has 6 nitrogen and oxygen atoms in total. The Labute approximate surface area is 423 Å². The predicted octanol–water partition coefficient (Wildman–Crippen LogP) is 18.6. The Morgan fingerprint density at radius 1 is 0.412 bits per heavy atom. The summed E-state index contributed by atoms with van der Waals surface area (Å²) < 4.78 is 5.46. The van der Waals surface area contributed by atoms with Gasteiger partial charge in [-0.15, -0.1) is 0 Å². The van der Waals surface area contributed by atoms with Gasteiger partial charge in [-0.1, -0.05) is 255 Å². The number of hydrogen-bond donors (Lipinski definition) is 3. The summed E-state index contributed by atoms with van der Waals surface area (Å²) in [5.41, 5.74) is 0. The van der Waals surface area contributed by atoms with E-state index in [-0.39, 0.29) is 18.5 Å². The molecule has 0 aromatic rings. The Morgan fingerprint density at radius 3 is 1.13 bits per heavy atom. The molecule has 0 aliphatic heterocycles. The van der Waals surface area contributed by atoms with Crippen LogP contribution in [0.25, 0.3) is 0 Å². The smallest absolute Gasteiger partial charge is 0.305 e. The molecule has 0 fully saturated rings. The van der Waals surface area contributed by atoms with Crippen LogP contribution in [0, 0.1) is 0 Å². The number of allylic oxidation sites excluding steroid dienone is 7. The number of carbonyl (C=O) groups is 2. The minimum absolute atomic E-state index is 0.0235. The molecule has 0 aliphatic carbocycles. The molecule has 68 heavy (non-hydrogen) atoms. The molecule has 2 atom stereocenters. The molecule has 0 rings (SSSR count). The third-order valence-corrected chi connectivity index (χ3v) is 13.6. The van der Waals surface area contributed by atoms with Crippen LogP contribution in [0.2, 0.25) is 0 Å². The number of unbranched alkanes of at least 4 members (excludes halogenated alkanes) is 39. The van der Waals surface area contributed by atoms with Crippen molar-refractivity contribution in [3.05, 3.63) is 48.6 Å². The van der Waals surface area contributed by atoms with E-state index in [0.29, 0.717) is 19.4 Å². The lowest BCUT2D eigenvalue weighted by atomic mass is 10.0. The quantitative estimate of drug-likeness (QED) is 0.0244. The van der Waals surface area contributed by atoms with Gasteiger partial charge in [-0.25, -0.2) is 0 Å². The van der Waals surface area contributed by atoms with Gasteiger partial charge in [0.1, 0.15) is 0 Å². The van der Waals surface area contributed by atoms with Crippen LogP contribution in [0.5, 0.6) is 0 Å². The van der Waals surface area contributed by atoms with Gasteiger partial charge in [-0.05, 0) is 89.9 Å². The number of rotatable bonds is 55. The van der Waals surface area contributed by atoms with Crippen molar-refractivity contribution < 1.29 is 24.5 Å². The van der Waals surface area contributed by atoms with Crippen molar-refractivity contribution in [1.82, 2.24) is 5.32 Å². The second kappa shape index (κ2) is 57.4. The van der Waals surface area contributed by atoms with E-state index in [1.165, 1.54) is 205 Å². The molecule has 0 radical (unpaired) electrons. The van der Waals surface area contributed by atoms with Gasteiger partial charge in [0.05, 0.1) is 25.4 Å². The van der Waals surface area contributed by atoms with Crippen LogP contribution in [0.3, 0.4) is 0 Å². The normalized spacial score (nSPS) is 12.9. The van der Waals surface area contributed by atoms with Crippen molar-refractivity contribution in [1.29, 1.82) is 0 Å². The van der Waals surface area contributed by atoms with Crippen molar-refractivity contribution >= 4 is 11.9 Å². The average Bonchev–Trinajstić information content (AvgIpc) is 3.34. The van der Waals surface area contributed by atoms with E-state index >= 15 is 0 Å². The van der Waals surface area contributed by atoms with Crippen molar-refractivity contribution in [2.24, 2.45) is 0 Å². The summed E-state index contributed by atoms with van der Waals surface area (Å²) in [7, 11) is 0. The largest absolute Gasteiger partial charge is 0.466 e. The fourth-order valence-corrected chi connectivity index (χ4v) is 8.97. The minimum atomic E-state index is -0.860. The summed E-state index contributed by atoms with van der Waals surface area (Å²) in [6, 6.07) is -0.646. The number of aliphatic hydroxyl groups is 2. The van der Waals surface area contributed by atoms with Gasteiger partial charge in [0, 0.05) is 12.8 Å². The van der Waals surface area contributed by atoms with E-state index < -0.39 is 12.1 Å². The number of amides is 1. The average molecular weight is 955 g/mol. The van der Waals surface area contributed by atoms with E-state index in [2.05, 4.69) is 55.6 Å². The van der Waals surface area contributed by atoms with E-state index in [9.17, 15) is 19.8 Å². The Balaban J connectivity index is 3.53. The molecule has 3 N–H and O–H groups in total. The first-order chi connectivity index (χ1) is 33.5. The summed E-state index contributed by atoms with van der Waals surface area (Å²) in [6.07, 6.45) is 72.8. The van der Waals surface area contributed by atoms with Crippen LogP contribution in [0.15, 0.2) is 48.6 Å². The van der Waals surface area contributed by atoms with Gasteiger partial charge >= 0.3 is 5.97 Å². The molecule has 0 aliphatic rings. The van der Waals surface area contributed by atoms with Crippen LogP contribution >= 0.6 is 0 Å². The fraction of sp³-hybridized carbons (Fsp3) is 0.839. The first kappa shape index (κ1) is 65.8. The molecule has 0 saturated carbocycles. The Bertz CT molecular complexity index is 1150. The fourth-order valence-electron chi connectivity index (χ4n) is 8.97. The Hall–Kier alpha value is -2.18. The molecule has 0 bridgehead atoms. The summed E-state index contributed by atoms with van der Waals surface area (Å²) in [5, 5.41) is 23.1. The molecule has 2 unspecified atom stereocenters. The highest BCUT2D eigenvalue weighted by Crippen LogP contribution is 2.16. The summed E-state index contributed by atoms with van der Waals surface area (Å²) in [4.78, 5) is 24.5. The highest BCUT2D eigenvalue weighted by Gasteiger charge is 2.18. The van der Waals surface area contributed by atoms with Crippen LogP contribution < -0.4 is 5.32 Å². The standard InChI is InChI=1S/C62H115NO5/c1-3-5-7-9-11-13-15-17-19-21-22-24-28-32-36-40-44-48-52-56-62(67)68-57-53-49-45-41-37-33-29-25-27-31-35-39-43-47-51-55-61(66)63-59(58-64)60(65)54-50-46-42-38-34-30-26-23-20-18-16-14-12-10-8-6-4-2/h17,19,25,29,33,37,50,54,59-60,64-65H,3-16,18,20-24,26-28,30-32,34-36,38-49,51-53,55-58H2,1-2H3,(H,63,66)/b19-17-,29-25-,37-33-,54-50+. The molecule has 0 aromatic carbocycles. The SMILES string of the molecule is CCCCCCCC/C=C\CCCCCCCCCCCC(=O)OCCCCC/C=C\C=C/CCCCCCCCC(=O)NC(CO)C(O)/C=C/CCCCCCCCCCCCCCCCC. The Morgan fingerprint density at radius 2 is 0.735 bits per heavy atom. The second-order valence-electron chi connectivity index (χ2n) is 20.3. The predicted molar refractivity (Wildman–Crippen MR) is 296 cm³/mol. The summed E-state index contributed by atoms with van der Waals surface area (Å²) in [5.74, 6) is -0.113. The lowest BCUT2D eigenvalue weighted by molar-refractivity contribution is -0.143. The molecule has 398 valence electrons. The molecular weight excluding hydrogens is 839 g/mol. The van der Waals surface area contributed by atoms with Crippen molar-refractivity contribution in [3.8, 4) is 0 Å². The van der Waals surface area contributed by atoms with Crippen molar-refractivity contribution in [3.63, 3.8) is 0 Å². The second-order valence-corrected chi connectivity index (χ2v) is 20.3. The third kappa shape index (κ3) is 53.2. The molecule has 1 amide bonds. The van der Waals surface area contributed by atoms with Crippen LogP contribution in [-0.2, 0) is 14.3 Å². The first-order valence-electron chi connectivity index (χ1n) is 29.9. The van der Waals surface area contributed by atoms with Crippen LogP contribution in [0.1, 0.15) is 309 Å². The summed E-state index contributed by atoms with van der Waals surface area (Å²) >= 11 is 0. The lowest BCUT2D eigenvalue weighted by Gasteiger charge is -2.20. The molecular formula is C62H115NO5. The summed E-state index contributed by atoms with van der Waals surface area (Å²) in [6.45, 7) is 4.85. The number of carbonyl (C=O) groups excluding carboxylic acids is 2. The van der Waals surface area contributed by atoms with E-state index in [1.807, 2.05) is 6.08 Å². The Kier molecular flexibility index (Phi) is 55.6. The van der Waals surface area contributed by atoms with E-state index in [0.717, 1.165) is 77.0 Å². The van der Waals surface area contributed by atoms with Crippen LogP contribution in [0.4, 0.5) is 0 Å². The lowest BCUT2D eigenvalue weighted by Crippen LogP contribution is -2.45. The topological polar surface area (TPSA) is 95.9 Å². The number of hydrogen-bond acceptors (Lipinski definition) is 5. The van der Waals surface area contributed by atoms with Gasteiger partial charge < -0.3 is 20.3 Å². The highest BCUT2D eigenvalue weighted by molar-refractivity contribution is 5.76. The molecule has 0 spiro atoms. The zero-order valence-corrected chi connectivity index (χ0v) is 45.3. The van der Waals surface area contributed by atoms with E-state index in [4.69, 9.17) is 4.74 Å². The molecule has 6 heteroatoms. The molecule has 0 heterocycles. The third-order valence-electron chi connectivity index (χ3n) is 13.6. The highest BCUT2D eigenvalue weighted by atomic mass is 16.5. The maximum absolute atomic E-state index is 12.5. The molecule has 0 aromatic heterocycles. The maximum Gasteiger partial charge on any atom is 0.305 e. The van der Waals surface area contributed by atoms with Gasteiger partial charge in [-0.3, -0.25) is 9.59 Å². The van der Waals surface area contributed by atoms with Crippen molar-refractivity contribution in [2.45, 2.75) is 321 Å². The van der Waals surface area contributed by atoms with E-state index in [1.54, 1.807) is 6.08 Å². The number of nitrogens with one attached hydrogen (secondary N) is 1. The van der Waals surface area contributed by atoms with Gasteiger partial charge in [0.2, 0.25) is 5.91 Å². The number of ether oxygens (including phenoxy) is 1. The van der Waals surface area contributed by atoms with Crippen LogP contribution in [-0.4, -0.2) is 47.4 Å².